The summed E-state index contributed by atoms with van der Waals surface area (Å²) in [7, 11) is 0. The lowest BCUT2D eigenvalue weighted by atomic mass is 10.2. The summed E-state index contributed by atoms with van der Waals surface area (Å²) in [6.07, 6.45) is 3.44. The van der Waals surface area contributed by atoms with Gasteiger partial charge in [-0.25, -0.2) is 4.79 Å². The van der Waals surface area contributed by atoms with E-state index in [1.165, 1.54) is 25.0 Å². The summed E-state index contributed by atoms with van der Waals surface area (Å²) in [5, 5.41) is 8.82. The second-order valence-corrected chi connectivity index (χ2v) is 4.00. The van der Waals surface area contributed by atoms with Crippen LogP contribution in [0.15, 0.2) is 24.3 Å². The molecule has 1 aromatic carbocycles. The highest BCUT2D eigenvalue weighted by Crippen LogP contribution is 2.13. The van der Waals surface area contributed by atoms with E-state index in [1.807, 2.05) is 0 Å². The third kappa shape index (κ3) is 5.68. The van der Waals surface area contributed by atoms with E-state index >= 15 is 0 Å². The number of benzene rings is 1. The van der Waals surface area contributed by atoms with Gasteiger partial charge in [-0.05, 0) is 24.6 Å². The molecule has 0 atom stereocenters. The monoisotopic (exact) mass is 252 g/mol. The fraction of sp³-hybridized carbons (Fsp3) is 0.500. The van der Waals surface area contributed by atoms with Crippen LogP contribution >= 0.6 is 0 Å². The van der Waals surface area contributed by atoms with Crippen LogP contribution in [0.2, 0.25) is 0 Å². The van der Waals surface area contributed by atoms with Gasteiger partial charge in [-0.1, -0.05) is 25.8 Å². The van der Waals surface area contributed by atoms with Gasteiger partial charge in [-0.2, -0.15) is 0 Å². The first kappa shape index (κ1) is 14.5. The van der Waals surface area contributed by atoms with Crippen LogP contribution in [0.4, 0.5) is 0 Å². The summed E-state index contributed by atoms with van der Waals surface area (Å²) in [5.41, 5.74) is 0.233. The number of hydrogen-bond donors (Lipinski definition) is 1. The fourth-order valence-corrected chi connectivity index (χ4v) is 1.49. The van der Waals surface area contributed by atoms with Gasteiger partial charge in [0, 0.05) is 6.61 Å². The summed E-state index contributed by atoms with van der Waals surface area (Å²) in [6, 6.07) is 6.46. The predicted molar refractivity (Wildman–Crippen MR) is 69.2 cm³/mol. The Morgan fingerprint density at radius 3 is 2.78 bits per heavy atom. The molecule has 0 saturated heterocycles. The molecule has 0 aliphatic heterocycles. The molecule has 0 spiro atoms. The van der Waals surface area contributed by atoms with E-state index in [0.29, 0.717) is 19.0 Å². The van der Waals surface area contributed by atoms with Crippen LogP contribution in [0.3, 0.4) is 0 Å². The van der Waals surface area contributed by atoms with Crippen molar-refractivity contribution in [3.8, 4) is 5.75 Å². The number of unbranched alkanes of at least 4 members (excludes halogenated alkanes) is 2. The van der Waals surface area contributed by atoms with Crippen molar-refractivity contribution in [1.29, 1.82) is 0 Å². The van der Waals surface area contributed by atoms with Crippen molar-refractivity contribution in [2.75, 3.05) is 19.8 Å². The zero-order chi connectivity index (χ0) is 13.2. The molecule has 0 radical (unpaired) electrons. The number of carboxylic acids is 1. The molecule has 0 saturated carbocycles. The summed E-state index contributed by atoms with van der Waals surface area (Å²) in [5.74, 6) is -0.386. The molecule has 1 rings (SSSR count). The molecule has 100 valence electrons. The van der Waals surface area contributed by atoms with Gasteiger partial charge < -0.3 is 14.6 Å². The Kier molecular flexibility index (Phi) is 6.87. The van der Waals surface area contributed by atoms with E-state index in [4.69, 9.17) is 14.6 Å². The molecule has 0 unspecified atom stereocenters. The second kappa shape index (κ2) is 8.53. The number of carboxylic acid groups (broad SMARTS) is 1. The molecular weight excluding hydrogens is 232 g/mol. The molecule has 0 aliphatic carbocycles. The number of rotatable bonds is 9. The predicted octanol–water partition coefficient (Wildman–Crippen LogP) is 2.97. The lowest BCUT2D eigenvalue weighted by Gasteiger charge is -2.07. The molecule has 1 N–H and O–H groups in total. The lowest BCUT2D eigenvalue weighted by Crippen LogP contribution is -2.08. The van der Waals surface area contributed by atoms with Gasteiger partial charge in [0.15, 0.2) is 0 Å². The van der Waals surface area contributed by atoms with E-state index < -0.39 is 5.97 Å². The van der Waals surface area contributed by atoms with Gasteiger partial charge in [0.2, 0.25) is 0 Å². The second-order valence-electron chi connectivity index (χ2n) is 4.00. The van der Waals surface area contributed by atoms with Gasteiger partial charge in [-0.15, -0.1) is 0 Å². The van der Waals surface area contributed by atoms with Crippen LogP contribution in [0.5, 0.6) is 5.75 Å². The smallest absolute Gasteiger partial charge is 0.335 e. The van der Waals surface area contributed by atoms with Crippen molar-refractivity contribution in [1.82, 2.24) is 0 Å². The van der Waals surface area contributed by atoms with E-state index in [2.05, 4.69) is 6.92 Å². The largest absolute Gasteiger partial charge is 0.491 e. The summed E-state index contributed by atoms with van der Waals surface area (Å²) < 4.78 is 10.8. The molecule has 0 bridgehead atoms. The molecule has 0 amide bonds. The Balaban J connectivity index is 2.19. The van der Waals surface area contributed by atoms with Gasteiger partial charge in [0.05, 0.1) is 12.2 Å². The van der Waals surface area contributed by atoms with Crippen molar-refractivity contribution >= 4 is 5.97 Å². The van der Waals surface area contributed by atoms with Gasteiger partial charge in [-0.3, -0.25) is 0 Å². The third-order valence-electron chi connectivity index (χ3n) is 2.47. The Bertz CT molecular complexity index is 363. The van der Waals surface area contributed by atoms with Crippen molar-refractivity contribution in [3.63, 3.8) is 0 Å². The summed E-state index contributed by atoms with van der Waals surface area (Å²) >= 11 is 0. The molecule has 0 fully saturated rings. The Labute approximate surface area is 108 Å². The van der Waals surface area contributed by atoms with Crippen LogP contribution in [0.25, 0.3) is 0 Å². The van der Waals surface area contributed by atoms with E-state index in [-0.39, 0.29) is 5.56 Å². The first-order chi connectivity index (χ1) is 8.74. The highest BCUT2D eigenvalue weighted by atomic mass is 16.5. The van der Waals surface area contributed by atoms with Crippen LogP contribution in [-0.2, 0) is 4.74 Å². The summed E-state index contributed by atoms with van der Waals surface area (Å²) in [4.78, 5) is 10.7. The topological polar surface area (TPSA) is 55.8 Å². The Morgan fingerprint density at radius 1 is 1.22 bits per heavy atom. The molecule has 4 nitrogen and oxygen atoms in total. The molecule has 0 aliphatic rings. The minimum Gasteiger partial charge on any atom is -0.491 e. The van der Waals surface area contributed by atoms with E-state index in [0.717, 1.165) is 13.0 Å². The average Bonchev–Trinajstić information content (AvgIpc) is 2.38. The molecule has 18 heavy (non-hydrogen) atoms. The lowest BCUT2D eigenvalue weighted by molar-refractivity contribution is 0.0696. The van der Waals surface area contributed by atoms with Crippen LogP contribution in [0, 0.1) is 0 Å². The maximum Gasteiger partial charge on any atom is 0.335 e. The SMILES string of the molecule is CCCCCOCCOc1cccc(C(=O)O)c1. The van der Waals surface area contributed by atoms with Crippen LogP contribution < -0.4 is 4.74 Å². The minimum absolute atomic E-state index is 0.233. The van der Waals surface area contributed by atoms with Crippen molar-refractivity contribution < 1.29 is 19.4 Å². The molecular formula is C14H20O4. The number of hydrogen-bond acceptors (Lipinski definition) is 3. The van der Waals surface area contributed by atoms with E-state index in [1.54, 1.807) is 12.1 Å². The maximum atomic E-state index is 10.7. The minimum atomic E-state index is -0.948. The number of carbonyl (C=O) groups is 1. The van der Waals surface area contributed by atoms with Crippen molar-refractivity contribution in [3.05, 3.63) is 29.8 Å². The Morgan fingerprint density at radius 2 is 2.06 bits per heavy atom. The quantitative estimate of drug-likeness (QED) is 0.686. The van der Waals surface area contributed by atoms with Crippen LogP contribution in [0.1, 0.15) is 36.5 Å². The zero-order valence-electron chi connectivity index (χ0n) is 10.7. The Hall–Kier alpha value is -1.55. The highest BCUT2D eigenvalue weighted by molar-refractivity contribution is 5.87. The van der Waals surface area contributed by atoms with Gasteiger partial charge in [0.1, 0.15) is 12.4 Å². The first-order valence-electron chi connectivity index (χ1n) is 6.28. The molecule has 0 heterocycles. The maximum absolute atomic E-state index is 10.7. The summed E-state index contributed by atoms with van der Waals surface area (Å²) in [6.45, 7) is 3.88. The third-order valence-corrected chi connectivity index (χ3v) is 2.47. The first-order valence-corrected chi connectivity index (χ1v) is 6.28. The molecule has 4 heteroatoms. The molecule has 1 aromatic rings. The van der Waals surface area contributed by atoms with Crippen molar-refractivity contribution in [2.24, 2.45) is 0 Å². The molecule has 0 aromatic heterocycles. The zero-order valence-corrected chi connectivity index (χ0v) is 10.7. The standard InChI is InChI=1S/C14H20O4/c1-2-3-4-8-17-9-10-18-13-7-5-6-12(11-13)14(15)16/h5-7,11H,2-4,8-10H2,1H3,(H,15,16). The normalized spacial score (nSPS) is 10.3. The number of aromatic carboxylic acids is 1. The van der Waals surface area contributed by atoms with Gasteiger partial charge in [0.25, 0.3) is 0 Å². The van der Waals surface area contributed by atoms with Crippen molar-refractivity contribution in [2.45, 2.75) is 26.2 Å². The number of ether oxygens (including phenoxy) is 2. The van der Waals surface area contributed by atoms with Gasteiger partial charge >= 0.3 is 5.97 Å². The van der Waals surface area contributed by atoms with Crippen LogP contribution in [-0.4, -0.2) is 30.9 Å². The average molecular weight is 252 g/mol. The fourth-order valence-electron chi connectivity index (χ4n) is 1.49. The van der Waals surface area contributed by atoms with E-state index in [9.17, 15) is 4.79 Å². The highest BCUT2D eigenvalue weighted by Gasteiger charge is 2.03.